The SMILES string of the molecule is O=C(c1ccc(=O)[nH]n1)N1CCN(c2nncc3ccccc23)CC1. The number of carbonyl (C=O) groups is 1. The number of amides is 1. The maximum Gasteiger partial charge on any atom is 0.274 e. The number of hydrogen-bond acceptors (Lipinski definition) is 6. The number of carbonyl (C=O) groups excluding carboxylic acids is 1. The Bertz CT molecular complexity index is 952. The van der Waals surface area contributed by atoms with E-state index >= 15 is 0 Å². The molecule has 1 fully saturated rings. The van der Waals surface area contributed by atoms with Gasteiger partial charge in [0.2, 0.25) is 0 Å². The molecule has 1 aromatic carbocycles. The van der Waals surface area contributed by atoms with E-state index in [2.05, 4.69) is 25.3 Å². The van der Waals surface area contributed by atoms with Crippen LogP contribution in [0, 0.1) is 0 Å². The minimum Gasteiger partial charge on any atom is -0.351 e. The van der Waals surface area contributed by atoms with Gasteiger partial charge in [0.1, 0.15) is 5.69 Å². The Balaban J connectivity index is 1.50. The highest BCUT2D eigenvalue weighted by atomic mass is 16.2. The monoisotopic (exact) mass is 336 g/mol. The second kappa shape index (κ2) is 6.31. The summed E-state index contributed by atoms with van der Waals surface area (Å²) in [6, 6.07) is 10.7. The lowest BCUT2D eigenvalue weighted by Gasteiger charge is -2.35. The number of hydrogen-bond donors (Lipinski definition) is 1. The molecule has 0 aliphatic carbocycles. The first-order chi connectivity index (χ1) is 12.2. The van der Waals surface area contributed by atoms with E-state index < -0.39 is 0 Å². The van der Waals surface area contributed by atoms with Gasteiger partial charge in [-0.15, -0.1) is 5.10 Å². The van der Waals surface area contributed by atoms with Crippen molar-refractivity contribution in [3.05, 3.63) is 58.6 Å². The van der Waals surface area contributed by atoms with Gasteiger partial charge in [0.25, 0.3) is 11.5 Å². The van der Waals surface area contributed by atoms with Crippen LogP contribution in [0.2, 0.25) is 0 Å². The number of H-pyrrole nitrogens is 1. The first-order valence-electron chi connectivity index (χ1n) is 8.03. The van der Waals surface area contributed by atoms with Crippen molar-refractivity contribution in [1.82, 2.24) is 25.3 Å². The number of piperazine rings is 1. The van der Waals surface area contributed by atoms with E-state index in [4.69, 9.17) is 0 Å². The molecule has 0 unspecified atom stereocenters. The van der Waals surface area contributed by atoms with Crippen LogP contribution < -0.4 is 10.5 Å². The van der Waals surface area contributed by atoms with Crippen molar-refractivity contribution in [1.29, 1.82) is 0 Å². The molecule has 0 atom stereocenters. The average molecular weight is 336 g/mol. The Kier molecular flexibility index (Phi) is 3.85. The van der Waals surface area contributed by atoms with Crippen LogP contribution in [0.1, 0.15) is 10.5 Å². The van der Waals surface area contributed by atoms with Crippen molar-refractivity contribution in [3.63, 3.8) is 0 Å². The number of benzene rings is 1. The number of nitrogens with one attached hydrogen (secondary N) is 1. The van der Waals surface area contributed by atoms with Crippen LogP contribution in [0.25, 0.3) is 10.8 Å². The predicted octanol–water partition coefficient (Wildman–Crippen LogP) is 0.675. The van der Waals surface area contributed by atoms with Crippen LogP contribution in [0.15, 0.2) is 47.4 Å². The molecule has 1 amide bonds. The highest BCUT2D eigenvalue weighted by Gasteiger charge is 2.24. The predicted molar refractivity (Wildman–Crippen MR) is 92.5 cm³/mol. The van der Waals surface area contributed by atoms with Crippen molar-refractivity contribution in [2.75, 3.05) is 31.1 Å². The Hall–Kier alpha value is -3.29. The summed E-state index contributed by atoms with van der Waals surface area (Å²) >= 11 is 0. The molecular formula is C17H16N6O2. The molecule has 4 rings (SSSR count). The minimum atomic E-state index is -0.323. The minimum absolute atomic E-state index is 0.181. The fraction of sp³-hybridized carbons (Fsp3) is 0.235. The summed E-state index contributed by atoms with van der Waals surface area (Å²) < 4.78 is 0. The number of aromatic nitrogens is 4. The molecule has 0 saturated carbocycles. The quantitative estimate of drug-likeness (QED) is 0.739. The van der Waals surface area contributed by atoms with E-state index in [1.54, 1.807) is 11.1 Å². The second-order valence-corrected chi connectivity index (χ2v) is 5.84. The van der Waals surface area contributed by atoms with Gasteiger partial charge in [0.15, 0.2) is 5.82 Å². The fourth-order valence-corrected chi connectivity index (χ4v) is 2.99. The normalized spacial score (nSPS) is 14.7. The van der Waals surface area contributed by atoms with Gasteiger partial charge >= 0.3 is 0 Å². The van der Waals surface area contributed by atoms with Crippen molar-refractivity contribution in [2.24, 2.45) is 0 Å². The molecular weight excluding hydrogens is 320 g/mol. The molecule has 126 valence electrons. The third-order valence-corrected chi connectivity index (χ3v) is 4.32. The summed E-state index contributed by atoms with van der Waals surface area (Å²) in [7, 11) is 0. The highest BCUT2D eigenvalue weighted by Crippen LogP contribution is 2.24. The van der Waals surface area contributed by atoms with Crippen LogP contribution >= 0.6 is 0 Å². The van der Waals surface area contributed by atoms with Crippen molar-refractivity contribution >= 4 is 22.5 Å². The molecule has 3 heterocycles. The van der Waals surface area contributed by atoms with Crippen LogP contribution in [0.3, 0.4) is 0 Å². The van der Waals surface area contributed by atoms with Gasteiger partial charge in [-0.05, 0) is 6.07 Å². The fourth-order valence-electron chi connectivity index (χ4n) is 2.99. The molecule has 0 radical (unpaired) electrons. The lowest BCUT2D eigenvalue weighted by molar-refractivity contribution is 0.0739. The Morgan fingerprint density at radius 1 is 1.04 bits per heavy atom. The van der Waals surface area contributed by atoms with Crippen molar-refractivity contribution < 1.29 is 4.79 Å². The van der Waals surface area contributed by atoms with Crippen LogP contribution in [-0.4, -0.2) is 57.4 Å². The zero-order valence-electron chi connectivity index (χ0n) is 13.4. The molecule has 1 aliphatic rings. The van der Waals surface area contributed by atoms with E-state index in [9.17, 15) is 9.59 Å². The Morgan fingerprint density at radius 2 is 1.84 bits per heavy atom. The molecule has 1 N–H and O–H groups in total. The van der Waals surface area contributed by atoms with Crippen LogP contribution in [-0.2, 0) is 0 Å². The van der Waals surface area contributed by atoms with Gasteiger partial charge in [0, 0.05) is 43.0 Å². The van der Waals surface area contributed by atoms with E-state index in [1.165, 1.54) is 12.1 Å². The summed E-state index contributed by atoms with van der Waals surface area (Å²) in [5.74, 6) is 0.660. The molecule has 1 aliphatic heterocycles. The van der Waals surface area contributed by atoms with Gasteiger partial charge in [-0.25, -0.2) is 5.10 Å². The van der Waals surface area contributed by atoms with Crippen molar-refractivity contribution in [2.45, 2.75) is 0 Å². The summed E-state index contributed by atoms with van der Waals surface area (Å²) in [5, 5.41) is 16.6. The summed E-state index contributed by atoms with van der Waals surface area (Å²) in [6.07, 6.45) is 1.75. The van der Waals surface area contributed by atoms with Gasteiger partial charge in [-0.2, -0.15) is 10.2 Å². The smallest absolute Gasteiger partial charge is 0.274 e. The first-order valence-corrected chi connectivity index (χ1v) is 8.03. The maximum atomic E-state index is 12.5. The number of fused-ring (bicyclic) bond motifs is 1. The molecule has 8 heteroatoms. The molecule has 0 spiro atoms. The molecule has 25 heavy (non-hydrogen) atoms. The molecule has 8 nitrogen and oxygen atoms in total. The summed E-state index contributed by atoms with van der Waals surface area (Å²) in [4.78, 5) is 27.4. The standard InChI is InChI=1S/C17H16N6O2/c24-15-6-5-14(19-20-15)17(25)23-9-7-22(8-10-23)16-13-4-2-1-3-12(13)11-18-21-16/h1-6,11H,7-10H2,(H,20,24). The lowest BCUT2D eigenvalue weighted by atomic mass is 10.1. The number of aromatic amines is 1. The summed E-state index contributed by atoms with van der Waals surface area (Å²) in [6.45, 7) is 2.45. The topological polar surface area (TPSA) is 95.1 Å². The number of nitrogens with zero attached hydrogens (tertiary/aromatic N) is 5. The third-order valence-electron chi connectivity index (χ3n) is 4.32. The van der Waals surface area contributed by atoms with Gasteiger partial charge in [-0.1, -0.05) is 24.3 Å². The molecule has 2 aromatic heterocycles. The number of anilines is 1. The average Bonchev–Trinajstić information content (AvgIpc) is 2.68. The van der Waals surface area contributed by atoms with Crippen LogP contribution in [0.4, 0.5) is 5.82 Å². The third kappa shape index (κ3) is 2.93. The molecule has 0 bridgehead atoms. The van der Waals surface area contributed by atoms with E-state index in [1.807, 2.05) is 24.3 Å². The molecule has 3 aromatic rings. The second-order valence-electron chi connectivity index (χ2n) is 5.84. The van der Waals surface area contributed by atoms with E-state index in [-0.39, 0.29) is 17.2 Å². The number of rotatable bonds is 2. The maximum absolute atomic E-state index is 12.5. The van der Waals surface area contributed by atoms with E-state index in [0.29, 0.717) is 26.2 Å². The van der Waals surface area contributed by atoms with Gasteiger partial charge in [0.05, 0.1) is 6.20 Å². The highest BCUT2D eigenvalue weighted by molar-refractivity contribution is 5.93. The summed E-state index contributed by atoms with van der Waals surface area (Å²) in [5.41, 5.74) is -0.0751. The van der Waals surface area contributed by atoms with Gasteiger partial charge < -0.3 is 9.80 Å². The lowest BCUT2D eigenvalue weighted by Crippen LogP contribution is -2.49. The zero-order chi connectivity index (χ0) is 17.2. The van der Waals surface area contributed by atoms with Crippen molar-refractivity contribution in [3.8, 4) is 0 Å². The Morgan fingerprint density at radius 3 is 2.60 bits per heavy atom. The largest absolute Gasteiger partial charge is 0.351 e. The van der Waals surface area contributed by atoms with Gasteiger partial charge in [-0.3, -0.25) is 9.59 Å². The molecule has 1 saturated heterocycles. The zero-order valence-corrected chi connectivity index (χ0v) is 13.4. The van der Waals surface area contributed by atoms with E-state index in [0.717, 1.165) is 16.6 Å². The van der Waals surface area contributed by atoms with Crippen LogP contribution in [0.5, 0.6) is 0 Å². The first kappa shape index (κ1) is 15.3. The Labute approximate surface area is 143 Å².